The maximum absolute atomic E-state index is 11.3. The van der Waals surface area contributed by atoms with Crippen LogP contribution in [0.2, 0.25) is 0 Å². The van der Waals surface area contributed by atoms with Crippen molar-refractivity contribution < 1.29 is 17.0 Å². The van der Waals surface area contributed by atoms with Crippen molar-refractivity contribution in [1.29, 1.82) is 0 Å². The Hall–Kier alpha value is -1.40. The highest BCUT2D eigenvalue weighted by Crippen LogP contribution is 2.35. The molecule has 1 aliphatic rings. The van der Waals surface area contributed by atoms with Crippen LogP contribution in [-0.4, -0.2) is 19.7 Å². The molecule has 0 aromatic carbocycles. The zero-order valence-electron chi connectivity index (χ0n) is 8.66. The maximum Gasteiger partial charge on any atom is 0.265 e. The molecule has 0 saturated carbocycles. The molecule has 86 valence electrons. The van der Waals surface area contributed by atoms with Gasteiger partial charge in [0.2, 0.25) is 0 Å². The fourth-order valence-electron chi connectivity index (χ4n) is 1.58. The lowest BCUT2D eigenvalue weighted by atomic mass is 9.93. The van der Waals surface area contributed by atoms with Crippen LogP contribution in [0.25, 0.3) is 0 Å². The van der Waals surface area contributed by atoms with Crippen LogP contribution in [0.3, 0.4) is 0 Å². The van der Waals surface area contributed by atoms with E-state index in [2.05, 4.69) is 4.98 Å². The van der Waals surface area contributed by atoms with Crippen LogP contribution >= 0.6 is 0 Å². The van der Waals surface area contributed by atoms with Crippen molar-refractivity contribution in [2.24, 2.45) is 0 Å². The van der Waals surface area contributed by atoms with Crippen LogP contribution < -0.4 is 0 Å². The Bertz CT molecular complexity index is 515. The number of rotatable bonds is 3. The summed E-state index contributed by atoms with van der Waals surface area (Å²) in [5.74, 6) is 0.374. The summed E-state index contributed by atoms with van der Waals surface area (Å²) in [6.45, 7) is 0. The molecule has 1 aromatic heterocycles. The van der Waals surface area contributed by atoms with Crippen molar-refractivity contribution in [2.45, 2.75) is 12.0 Å². The molecule has 2 rings (SSSR count). The Morgan fingerprint density at radius 2 is 2.31 bits per heavy atom. The first-order valence-corrected chi connectivity index (χ1v) is 6.47. The summed E-state index contributed by atoms with van der Waals surface area (Å²) in [5.41, 5.74) is -1.10. The van der Waals surface area contributed by atoms with Gasteiger partial charge in [-0.2, -0.15) is 8.42 Å². The van der Waals surface area contributed by atoms with Crippen molar-refractivity contribution >= 4 is 10.1 Å². The zero-order chi connectivity index (χ0) is 11.6. The third-order valence-corrected chi connectivity index (χ3v) is 2.78. The van der Waals surface area contributed by atoms with Gasteiger partial charge in [-0.15, -0.1) is 0 Å². The lowest BCUT2D eigenvalue weighted by Crippen LogP contribution is -2.30. The predicted molar refractivity (Wildman–Crippen MR) is 57.0 cm³/mol. The molecular formula is C10H11NO4S. The Labute approximate surface area is 93.6 Å². The van der Waals surface area contributed by atoms with Crippen LogP contribution in [-0.2, 0) is 19.9 Å². The van der Waals surface area contributed by atoms with Crippen molar-refractivity contribution in [3.8, 4) is 0 Å². The van der Waals surface area contributed by atoms with Gasteiger partial charge in [0.1, 0.15) is 0 Å². The molecule has 0 radical (unpaired) electrons. The van der Waals surface area contributed by atoms with Gasteiger partial charge in [0.25, 0.3) is 10.1 Å². The van der Waals surface area contributed by atoms with Crippen LogP contribution in [0.4, 0.5) is 0 Å². The van der Waals surface area contributed by atoms with Gasteiger partial charge in [0.05, 0.1) is 12.5 Å². The summed E-state index contributed by atoms with van der Waals surface area (Å²) in [4.78, 5) is 3.77. The van der Waals surface area contributed by atoms with Crippen LogP contribution in [0.5, 0.6) is 0 Å². The van der Waals surface area contributed by atoms with Crippen molar-refractivity contribution in [3.05, 3.63) is 42.7 Å². The molecule has 1 aliphatic carbocycles. The van der Waals surface area contributed by atoms with E-state index in [1.165, 1.54) is 12.6 Å². The van der Waals surface area contributed by atoms with Crippen molar-refractivity contribution in [3.63, 3.8) is 0 Å². The average Bonchev–Trinajstić information content (AvgIpc) is 2.69. The monoisotopic (exact) mass is 241 g/mol. The fourth-order valence-corrected chi connectivity index (χ4v) is 2.33. The topological polar surface area (TPSA) is 69.4 Å². The minimum Gasteiger partial charge on any atom is -0.445 e. The number of allylic oxidation sites excluding steroid dienone is 2. The summed E-state index contributed by atoms with van der Waals surface area (Å²) in [7, 11) is -3.58. The quantitative estimate of drug-likeness (QED) is 0.747. The van der Waals surface area contributed by atoms with Gasteiger partial charge in [-0.05, 0) is 6.08 Å². The summed E-state index contributed by atoms with van der Waals surface area (Å²) in [6, 6.07) is 0. The highest BCUT2D eigenvalue weighted by atomic mass is 32.2. The Balaban J connectivity index is 2.42. The highest BCUT2D eigenvalue weighted by Gasteiger charge is 2.37. The first-order valence-electron chi connectivity index (χ1n) is 4.66. The largest absolute Gasteiger partial charge is 0.445 e. The summed E-state index contributed by atoms with van der Waals surface area (Å²) in [5, 5.41) is 0. The van der Waals surface area contributed by atoms with Gasteiger partial charge < -0.3 is 4.42 Å². The average molecular weight is 241 g/mol. The smallest absolute Gasteiger partial charge is 0.265 e. The van der Waals surface area contributed by atoms with Gasteiger partial charge in [-0.3, -0.25) is 4.18 Å². The second-order valence-corrected chi connectivity index (χ2v) is 5.11. The second-order valence-electron chi connectivity index (χ2n) is 3.53. The fraction of sp³-hybridized carbons (Fsp3) is 0.300. The summed E-state index contributed by atoms with van der Waals surface area (Å²) < 4.78 is 32.8. The van der Waals surface area contributed by atoms with Gasteiger partial charge >= 0.3 is 0 Å². The van der Waals surface area contributed by atoms with E-state index in [9.17, 15) is 8.42 Å². The van der Waals surface area contributed by atoms with E-state index in [0.717, 1.165) is 6.26 Å². The van der Waals surface area contributed by atoms with Crippen molar-refractivity contribution in [2.75, 3.05) is 6.26 Å². The molecule has 0 N–H and O–H groups in total. The van der Waals surface area contributed by atoms with Gasteiger partial charge in [0, 0.05) is 6.42 Å². The summed E-state index contributed by atoms with van der Waals surface area (Å²) in [6.07, 6.45) is 11.1. The molecule has 1 heterocycles. The third kappa shape index (κ3) is 2.23. The normalized spacial score (nSPS) is 24.8. The van der Waals surface area contributed by atoms with E-state index in [1.54, 1.807) is 12.2 Å². The van der Waals surface area contributed by atoms with Crippen LogP contribution in [0.1, 0.15) is 12.2 Å². The Morgan fingerprint density at radius 3 is 2.81 bits per heavy atom. The van der Waals surface area contributed by atoms with E-state index < -0.39 is 15.7 Å². The predicted octanol–water partition coefficient (Wildman–Crippen LogP) is 1.36. The molecule has 6 heteroatoms. The number of nitrogens with zero attached hydrogens (tertiary/aromatic N) is 1. The minimum absolute atomic E-state index is 0.374. The van der Waals surface area contributed by atoms with E-state index in [4.69, 9.17) is 8.60 Å². The molecular weight excluding hydrogens is 230 g/mol. The number of oxazole rings is 1. The number of aromatic nitrogens is 1. The molecule has 0 saturated heterocycles. The maximum atomic E-state index is 11.3. The molecule has 0 bridgehead atoms. The number of hydrogen-bond donors (Lipinski definition) is 0. The molecule has 0 spiro atoms. The highest BCUT2D eigenvalue weighted by molar-refractivity contribution is 7.86. The lowest BCUT2D eigenvalue weighted by Gasteiger charge is -2.27. The van der Waals surface area contributed by atoms with Crippen LogP contribution in [0, 0.1) is 0 Å². The molecule has 5 nitrogen and oxygen atoms in total. The SMILES string of the molecule is CS(=O)(=O)OC1(c2cnco2)C=CC=CC1. The second kappa shape index (κ2) is 3.88. The molecule has 0 aliphatic heterocycles. The lowest BCUT2D eigenvalue weighted by molar-refractivity contribution is 0.104. The van der Waals surface area contributed by atoms with Crippen LogP contribution in [0.15, 0.2) is 41.3 Å². The van der Waals surface area contributed by atoms with E-state index in [-0.39, 0.29) is 0 Å². The van der Waals surface area contributed by atoms with Gasteiger partial charge in [-0.25, -0.2) is 4.98 Å². The summed E-state index contributed by atoms with van der Waals surface area (Å²) >= 11 is 0. The third-order valence-electron chi connectivity index (χ3n) is 2.18. The van der Waals surface area contributed by atoms with Crippen molar-refractivity contribution in [1.82, 2.24) is 4.98 Å². The molecule has 1 atom stereocenters. The molecule has 1 unspecified atom stereocenters. The van der Waals surface area contributed by atoms with Gasteiger partial charge in [0.15, 0.2) is 17.8 Å². The first-order chi connectivity index (χ1) is 7.52. The van der Waals surface area contributed by atoms with E-state index >= 15 is 0 Å². The molecule has 0 amide bonds. The van der Waals surface area contributed by atoms with E-state index in [0.29, 0.717) is 12.2 Å². The standard InChI is InChI=1S/C10H11NO4S/c1-16(12,13)15-10(5-3-2-4-6-10)9-7-11-8-14-9/h2-5,7-8H,6H2,1H3. The van der Waals surface area contributed by atoms with E-state index in [1.807, 2.05) is 12.2 Å². The van der Waals surface area contributed by atoms with Gasteiger partial charge in [-0.1, -0.05) is 18.2 Å². The number of hydrogen-bond acceptors (Lipinski definition) is 5. The minimum atomic E-state index is -3.58. The molecule has 0 fully saturated rings. The first kappa shape index (κ1) is 11.1. The molecule has 1 aromatic rings. The zero-order valence-corrected chi connectivity index (χ0v) is 9.48. The molecule has 16 heavy (non-hydrogen) atoms. The Kier molecular flexibility index (Phi) is 2.69. The Morgan fingerprint density at radius 1 is 1.50 bits per heavy atom.